The molecule has 0 saturated heterocycles. The second kappa shape index (κ2) is 6.03. The molecule has 0 aliphatic rings. The molecule has 6 heteroatoms. The molecule has 0 unspecified atom stereocenters. The Morgan fingerprint density at radius 3 is 2.55 bits per heavy atom. The molecule has 0 aromatic heterocycles. The van der Waals surface area contributed by atoms with E-state index in [4.69, 9.17) is 10.6 Å². The molecular formula is C14H15N3O3. The second-order valence-electron chi connectivity index (χ2n) is 4.35. The SMILES string of the molecule is Cc1ccc(OCc2ccc([N+](=O)[O-])c(NN)c2)cc1. The highest BCUT2D eigenvalue weighted by molar-refractivity contribution is 5.62. The van der Waals surface area contributed by atoms with Gasteiger partial charge in [-0.3, -0.25) is 16.0 Å². The summed E-state index contributed by atoms with van der Waals surface area (Å²) in [7, 11) is 0. The lowest BCUT2D eigenvalue weighted by Gasteiger charge is -2.08. The highest BCUT2D eigenvalue weighted by atomic mass is 16.6. The maximum Gasteiger partial charge on any atom is 0.293 e. The number of rotatable bonds is 5. The van der Waals surface area contributed by atoms with Crippen molar-refractivity contribution in [1.82, 2.24) is 0 Å². The van der Waals surface area contributed by atoms with Crippen molar-refractivity contribution >= 4 is 11.4 Å². The largest absolute Gasteiger partial charge is 0.489 e. The molecule has 2 rings (SSSR count). The molecule has 0 heterocycles. The van der Waals surface area contributed by atoms with Gasteiger partial charge in [0, 0.05) is 6.07 Å². The van der Waals surface area contributed by atoms with E-state index in [1.807, 2.05) is 31.2 Å². The van der Waals surface area contributed by atoms with Crippen LogP contribution in [0.4, 0.5) is 11.4 Å². The topological polar surface area (TPSA) is 90.4 Å². The van der Waals surface area contributed by atoms with Gasteiger partial charge in [-0.15, -0.1) is 0 Å². The minimum atomic E-state index is -0.486. The lowest BCUT2D eigenvalue weighted by molar-refractivity contribution is -0.384. The summed E-state index contributed by atoms with van der Waals surface area (Å²) in [5, 5.41) is 10.8. The zero-order valence-corrected chi connectivity index (χ0v) is 11.0. The number of hydrogen-bond acceptors (Lipinski definition) is 5. The van der Waals surface area contributed by atoms with Gasteiger partial charge in [0.25, 0.3) is 5.69 Å². The van der Waals surface area contributed by atoms with Crippen LogP contribution in [0.3, 0.4) is 0 Å². The minimum absolute atomic E-state index is 0.0633. The van der Waals surface area contributed by atoms with E-state index < -0.39 is 4.92 Å². The van der Waals surface area contributed by atoms with Crippen molar-refractivity contribution in [3.63, 3.8) is 0 Å². The molecule has 0 radical (unpaired) electrons. The van der Waals surface area contributed by atoms with Crippen LogP contribution < -0.4 is 16.0 Å². The van der Waals surface area contributed by atoms with Crippen molar-refractivity contribution < 1.29 is 9.66 Å². The van der Waals surface area contributed by atoms with Gasteiger partial charge in [-0.2, -0.15) is 0 Å². The van der Waals surface area contributed by atoms with Gasteiger partial charge in [0.15, 0.2) is 0 Å². The molecule has 0 amide bonds. The number of ether oxygens (including phenoxy) is 1. The number of nitro groups is 1. The van der Waals surface area contributed by atoms with E-state index in [1.54, 1.807) is 12.1 Å². The Kier molecular flexibility index (Phi) is 4.17. The number of aryl methyl sites for hydroxylation is 1. The summed E-state index contributed by atoms with van der Waals surface area (Å²) < 4.78 is 5.61. The van der Waals surface area contributed by atoms with Crippen LogP contribution in [-0.2, 0) is 6.61 Å². The van der Waals surface area contributed by atoms with Crippen molar-refractivity contribution in [2.45, 2.75) is 13.5 Å². The zero-order valence-electron chi connectivity index (χ0n) is 11.0. The van der Waals surface area contributed by atoms with Gasteiger partial charge in [0.05, 0.1) is 4.92 Å². The number of nitrogens with two attached hydrogens (primary N) is 1. The quantitative estimate of drug-likeness (QED) is 0.496. The van der Waals surface area contributed by atoms with Gasteiger partial charge >= 0.3 is 0 Å². The number of nitro benzene ring substituents is 1. The van der Waals surface area contributed by atoms with E-state index in [1.165, 1.54) is 6.07 Å². The predicted octanol–water partition coefficient (Wildman–Crippen LogP) is 2.77. The maximum atomic E-state index is 10.8. The monoisotopic (exact) mass is 273 g/mol. The molecule has 2 aromatic carbocycles. The number of nitrogen functional groups attached to an aromatic ring is 1. The summed E-state index contributed by atoms with van der Waals surface area (Å²) >= 11 is 0. The molecule has 104 valence electrons. The Morgan fingerprint density at radius 2 is 1.95 bits per heavy atom. The molecule has 0 fully saturated rings. The minimum Gasteiger partial charge on any atom is -0.489 e. The highest BCUT2D eigenvalue weighted by Gasteiger charge is 2.13. The average Bonchev–Trinajstić information content (AvgIpc) is 2.46. The number of hydrogen-bond donors (Lipinski definition) is 2. The van der Waals surface area contributed by atoms with Crippen molar-refractivity contribution in [2.24, 2.45) is 5.84 Å². The first-order chi connectivity index (χ1) is 9.60. The molecule has 0 spiro atoms. The van der Waals surface area contributed by atoms with Gasteiger partial charge in [-0.1, -0.05) is 17.7 Å². The summed E-state index contributed by atoms with van der Waals surface area (Å²) in [6.45, 7) is 2.31. The predicted molar refractivity (Wildman–Crippen MR) is 76.4 cm³/mol. The molecule has 0 saturated carbocycles. The van der Waals surface area contributed by atoms with Gasteiger partial charge in [-0.25, -0.2) is 0 Å². The smallest absolute Gasteiger partial charge is 0.293 e. The highest BCUT2D eigenvalue weighted by Crippen LogP contribution is 2.25. The molecular weight excluding hydrogens is 258 g/mol. The third kappa shape index (κ3) is 3.24. The summed E-state index contributed by atoms with van der Waals surface area (Å²) in [5.74, 6) is 6.03. The number of benzene rings is 2. The first-order valence-corrected chi connectivity index (χ1v) is 6.03. The van der Waals surface area contributed by atoms with Crippen molar-refractivity contribution in [3.8, 4) is 5.75 Å². The van der Waals surface area contributed by atoms with Crippen LogP contribution in [0.2, 0.25) is 0 Å². The fourth-order valence-electron chi connectivity index (χ4n) is 1.75. The normalized spacial score (nSPS) is 10.1. The van der Waals surface area contributed by atoms with Crippen LogP contribution in [0.15, 0.2) is 42.5 Å². The number of anilines is 1. The van der Waals surface area contributed by atoms with Crippen molar-refractivity contribution in [3.05, 3.63) is 63.7 Å². The van der Waals surface area contributed by atoms with E-state index in [9.17, 15) is 10.1 Å². The van der Waals surface area contributed by atoms with E-state index in [0.29, 0.717) is 6.61 Å². The second-order valence-corrected chi connectivity index (χ2v) is 4.35. The third-order valence-electron chi connectivity index (χ3n) is 2.84. The van der Waals surface area contributed by atoms with Crippen LogP contribution in [-0.4, -0.2) is 4.92 Å². The van der Waals surface area contributed by atoms with E-state index >= 15 is 0 Å². The Balaban J connectivity index is 2.10. The fraction of sp³-hybridized carbons (Fsp3) is 0.143. The molecule has 3 N–H and O–H groups in total. The van der Waals surface area contributed by atoms with E-state index in [-0.39, 0.29) is 11.4 Å². The van der Waals surface area contributed by atoms with Crippen LogP contribution in [0.5, 0.6) is 5.75 Å². The first-order valence-electron chi connectivity index (χ1n) is 6.03. The van der Waals surface area contributed by atoms with Crippen LogP contribution in [0.25, 0.3) is 0 Å². The van der Waals surface area contributed by atoms with Gasteiger partial charge < -0.3 is 10.2 Å². The number of nitrogens with one attached hydrogen (secondary N) is 1. The fourth-order valence-corrected chi connectivity index (χ4v) is 1.75. The van der Waals surface area contributed by atoms with Crippen LogP contribution in [0, 0.1) is 17.0 Å². The van der Waals surface area contributed by atoms with E-state index in [0.717, 1.165) is 16.9 Å². The Labute approximate surface area is 116 Å². The standard InChI is InChI=1S/C14H15N3O3/c1-10-2-5-12(6-3-10)20-9-11-4-7-14(17(18)19)13(8-11)16-15/h2-8,16H,9,15H2,1H3. The molecule has 0 atom stereocenters. The molecule has 0 aliphatic heterocycles. The summed E-state index contributed by atoms with van der Waals surface area (Å²) in [6, 6.07) is 12.3. The molecule has 20 heavy (non-hydrogen) atoms. The molecule has 0 bridgehead atoms. The Morgan fingerprint density at radius 1 is 1.25 bits per heavy atom. The number of nitrogens with zero attached hydrogens (tertiary/aromatic N) is 1. The lowest BCUT2D eigenvalue weighted by Crippen LogP contribution is -2.09. The summed E-state index contributed by atoms with van der Waals surface area (Å²) in [5.41, 5.74) is 4.48. The molecule has 2 aromatic rings. The van der Waals surface area contributed by atoms with Crippen LogP contribution >= 0.6 is 0 Å². The molecule has 6 nitrogen and oxygen atoms in total. The third-order valence-corrected chi connectivity index (χ3v) is 2.84. The first kappa shape index (κ1) is 13.8. The number of hydrazine groups is 1. The lowest BCUT2D eigenvalue weighted by atomic mass is 10.2. The average molecular weight is 273 g/mol. The van der Waals surface area contributed by atoms with Gasteiger partial charge in [0.1, 0.15) is 18.0 Å². The van der Waals surface area contributed by atoms with Gasteiger partial charge in [-0.05, 0) is 36.8 Å². The van der Waals surface area contributed by atoms with Gasteiger partial charge in [0.2, 0.25) is 0 Å². The summed E-state index contributed by atoms with van der Waals surface area (Å²) in [6.07, 6.45) is 0. The van der Waals surface area contributed by atoms with Crippen molar-refractivity contribution in [2.75, 3.05) is 5.43 Å². The molecule has 0 aliphatic carbocycles. The van der Waals surface area contributed by atoms with Crippen LogP contribution in [0.1, 0.15) is 11.1 Å². The van der Waals surface area contributed by atoms with Crippen molar-refractivity contribution in [1.29, 1.82) is 0 Å². The Hall–Kier alpha value is -2.60. The van der Waals surface area contributed by atoms with E-state index in [2.05, 4.69) is 5.43 Å². The summed E-state index contributed by atoms with van der Waals surface area (Å²) in [4.78, 5) is 10.3. The maximum absolute atomic E-state index is 10.8. The Bertz CT molecular complexity index is 612. The zero-order chi connectivity index (χ0) is 14.5.